The minimum atomic E-state index is 0.600. The monoisotopic (exact) mass is 380 g/mol. The van der Waals surface area contributed by atoms with Crippen LogP contribution in [0.5, 0.6) is 0 Å². The van der Waals surface area contributed by atoms with Crippen LogP contribution >= 0.6 is 11.8 Å². The largest absolute Gasteiger partial charge is 0.357 e. The van der Waals surface area contributed by atoms with Crippen LogP contribution in [0.4, 0.5) is 0 Å². The topological polar surface area (TPSA) is 78.0 Å². The maximum absolute atomic E-state index is 4.69. The van der Waals surface area contributed by atoms with Gasteiger partial charge >= 0.3 is 0 Å². The smallest absolute Gasteiger partial charge is 0.191 e. The molecule has 2 aromatic carbocycles. The zero-order chi connectivity index (χ0) is 18.7. The van der Waals surface area contributed by atoms with Crippen molar-refractivity contribution in [3.8, 4) is 11.4 Å². The van der Waals surface area contributed by atoms with Gasteiger partial charge in [-0.2, -0.15) is 5.10 Å². The number of nitrogens with zero attached hydrogens (tertiary/aromatic N) is 3. The molecule has 0 bridgehead atoms. The van der Waals surface area contributed by atoms with Gasteiger partial charge in [-0.3, -0.25) is 5.10 Å². The van der Waals surface area contributed by atoms with Crippen molar-refractivity contribution in [1.29, 1.82) is 0 Å². The second kappa shape index (κ2) is 10.4. The standard InChI is InChI=1S/C20H24N6S/c1-2-21-20(22-11-12-27-18-9-4-3-5-10-18)23-14-16-7-6-8-17(13-16)19-24-15-25-26-19/h3-10,13,15H,2,11-12,14H2,1H3,(H2,21,22,23)(H,24,25,26). The molecule has 0 amide bonds. The molecule has 0 saturated carbocycles. The summed E-state index contributed by atoms with van der Waals surface area (Å²) >= 11 is 1.83. The zero-order valence-electron chi connectivity index (χ0n) is 15.4. The van der Waals surface area contributed by atoms with Gasteiger partial charge in [0.05, 0.1) is 6.54 Å². The van der Waals surface area contributed by atoms with Crippen LogP contribution < -0.4 is 10.6 Å². The first-order chi connectivity index (χ1) is 13.3. The van der Waals surface area contributed by atoms with Crippen LogP contribution in [0.1, 0.15) is 12.5 Å². The number of nitrogens with one attached hydrogen (secondary N) is 3. The normalized spacial score (nSPS) is 11.4. The van der Waals surface area contributed by atoms with E-state index in [0.717, 1.165) is 41.8 Å². The lowest BCUT2D eigenvalue weighted by Crippen LogP contribution is -2.38. The molecule has 0 aliphatic rings. The van der Waals surface area contributed by atoms with Gasteiger partial charge in [0.2, 0.25) is 0 Å². The van der Waals surface area contributed by atoms with E-state index in [1.807, 2.05) is 30.0 Å². The van der Waals surface area contributed by atoms with Crippen LogP contribution in [0, 0.1) is 0 Å². The van der Waals surface area contributed by atoms with Gasteiger partial charge in [-0.1, -0.05) is 36.4 Å². The van der Waals surface area contributed by atoms with Crippen molar-refractivity contribution in [2.45, 2.75) is 18.4 Å². The Hall–Kier alpha value is -2.80. The maximum Gasteiger partial charge on any atom is 0.191 e. The quantitative estimate of drug-likeness (QED) is 0.242. The summed E-state index contributed by atoms with van der Waals surface area (Å²) < 4.78 is 0. The average molecular weight is 381 g/mol. The first-order valence-corrected chi connectivity index (χ1v) is 9.98. The molecule has 1 aromatic heterocycles. The zero-order valence-corrected chi connectivity index (χ0v) is 16.2. The Morgan fingerprint density at radius 2 is 2.00 bits per heavy atom. The van der Waals surface area contributed by atoms with Crippen LogP contribution in [0.2, 0.25) is 0 Å². The maximum atomic E-state index is 4.69. The van der Waals surface area contributed by atoms with E-state index in [4.69, 9.17) is 0 Å². The molecule has 0 saturated heterocycles. The van der Waals surface area contributed by atoms with Crippen molar-refractivity contribution in [2.75, 3.05) is 18.8 Å². The number of aromatic nitrogens is 3. The molecule has 0 radical (unpaired) electrons. The fraction of sp³-hybridized carbons (Fsp3) is 0.250. The number of aromatic amines is 1. The molecule has 0 aliphatic heterocycles. The molecule has 0 aliphatic carbocycles. The molecular weight excluding hydrogens is 356 g/mol. The van der Waals surface area contributed by atoms with E-state index in [2.05, 4.69) is 74.1 Å². The number of rotatable bonds is 8. The summed E-state index contributed by atoms with van der Waals surface area (Å²) in [6.45, 7) is 4.35. The van der Waals surface area contributed by atoms with Gasteiger partial charge in [-0.25, -0.2) is 9.98 Å². The summed E-state index contributed by atoms with van der Waals surface area (Å²) in [4.78, 5) is 10.2. The molecule has 1 heterocycles. The summed E-state index contributed by atoms with van der Waals surface area (Å²) in [6.07, 6.45) is 1.51. The van der Waals surface area contributed by atoms with Crippen LogP contribution in [-0.4, -0.2) is 40.0 Å². The van der Waals surface area contributed by atoms with Crippen molar-refractivity contribution in [3.05, 3.63) is 66.5 Å². The molecule has 3 aromatic rings. The van der Waals surface area contributed by atoms with Crippen molar-refractivity contribution in [2.24, 2.45) is 4.99 Å². The molecule has 0 spiro atoms. The van der Waals surface area contributed by atoms with E-state index in [1.165, 1.54) is 11.2 Å². The Labute approximate surface area is 163 Å². The van der Waals surface area contributed by atoms with Crippen molar-refractivity contribution < 1.29 is 0 Å². The van der Waals surface area contributed by atoms with Crippen LogP contribution in [0.3, 0.4) is 0 Å². The molecule has 6 nitrogen and oxygen atoms in total. The Kier molecular flexibility index (Phi) is 7.29. The number of hydrogen-bond acceptors (Lipinski definition) is 4. The Balaban J connectivity index is 1.53. The minimum Gasteiger partial charge on any atom is -0.357 e. The number of guanidine groups is 1. The molecule has 7 heteroatoms. The van der Waals surface area contributed by atoms with Crippen LogP contribution in [0.25, 0.3) is 11.4 Å². The summed E-state index contributed by atoms with van der Waals surface area (Å²) in [5.74, 6) is 2.58. The fourth-order valence-electron chi connectivity index (χ4n) is 2.53. The molecule has 0 unspecified atom stereocenters. The number of thioether (sulfide) groups is 1. The van der Waals surface area contributed by atoms with Gasteiger partial charge in [-0.05, 0) is 30.7 Å². The summed E-state index contributed by atoms with van der Waals surface area (Å²) in [5, 5.41) is 13.5. The number of hydrogen-bond donors (Lipinski definition) is 3. The second-order valence-corrected chi connectivity index (χ2v) is 6.99. The van der Waals surface area contributed by atoms with E-state index in [-0.39, 0.29) is 0 Å². The molecule has 0 fully saturated rings. The molecule has 27 heavy (non-hydrogen) atoms. The summed E-state index contributed by atoms with van der Waals surface area (Å²) in [7, 11) is 0. The Bertz CT molecular complexity index is 833. The minimum absolute atomic E-state index is 0.600. The first-order valence-electron chi connectivity index (χ1n) is 9.00. The lowest BCUT2D eigenvalue weighted by Gasteiger charge is -2.11. The molecule has 3 rings (SSSR count). The molecule has 140 valence electrons. The van der Waals surface area contributed by atoms with Crippen LogP contribution in [-0.2, 0) is 6.54 Å². The molecule has 0 atom stereocenters. The van der Waals surface area contributed by atoms with E-state index in [9.17, 15) is 0 Å². The van der Waals surface area contributed by atoms with Crippen molar-refractivity contribution >= 4 is 17.7 Å². The summed E-state index contributed by atoms with van der Waals surface area (Å²) in [5.41, 5.74) is 2.14. The van der Waals surface area contributed by atoms with Crippen molar-refractivity contribution in [3.63, 3.8) is 0 Å². The number of benzene rings is 2. The number of H-pyrrole nitrogens is 1. The van der Waals surface area contributed by atoms with Crippen LogP contribution in [0.15, 0.2) is 70.8 Å². The van der Waals surface area contributed by atoms with Gasteiger partial charge < -0.3 is 10.6 Å². The van der Waals surface area contributed by atoms with E-state index in [0.29, 0.717) is 6.54 Å². The lowest BCUT2D eigenvalue weighted by molar-refractivity contribution is 0.843. The predicted octanol–water partition coefficient (Wildman–Crippen LogP) is 3.32. The van der Waals surface area contributed by atoms with Gasteiger partial charge in [0.1, 0.15) is 6.33 Å². The van der Waals surface area contributed by atoms with Gasteiger partial charge in [0.25, 0.3) is 0 Å². The lowest BCUT2D eigenvalue weighted by atomic mass is 10.1. The predicted molar refractivity (Wildman–Crippen MR) is 112 cm³/mol. The highest BCUT2D eigenvalue weighted by molar-refractivity contribution is 7.99. The van der Waals surface area contributed by atoms with Gasteiger partial charge in [0, 0.05) is 29.3 Å². The highest BCUT2D eigenvalue weighted by Crippen LogP contribution is 2.16. The average Bonchev–Trinajstić information content (AvgIpc) is 3.25. The highest BCUT2D eigenvalue weighted by atomic mass is 32.2. The summed E-state index contributed by atoms with van der Waals surface area (Å²) in [6, 6.07) is 18.6. The van der Waals surface area contributed by atoms with Crippen molar-refractivity contribution in [1.82, 2.24) is 25.8 Å². The number of aliphatic imine (C=N–C) groups is 1. The SMILES string of the molecule is CCNC(=NCc1cccc(-c2ncn[nH]2)c1)NCCSc1ccccc1. The Morgan fingerprint density at radius 1 is 1.11 bits per heavy atom. The van der Waals surface area contributed by atoms with E-state index < -0.39 is 0 Å². The third kappa shape index (κ3) is 6.14. The van der Waals surface area contributed by atoms with E-state index in [1.54, 1.807) is 0 Å². The van der Waals surface area contributed by atoms with Gasteiger partial charge in [-0.15, -0.1) is 11.8 Å². The van der Waals surface area contributed by atoms with E-state index >= 15 is 0 Å². The van der Waals surface area contributed by atoms with Gasteiger partial charge in [0.15, 0.2) is 11.8 Å². The molecule has 3 N–H and O–H groups in total. The third-order valence-corrected chi connectivity index (χ3v) is 4.80. The third-order valence-electron chi connectivity index (χ3n) is 3.79. The molecular formula is C20H24N6S. The Morgan fingerprint density at radius 3 is 2.78 bits per heavy atom. The first kappa shape index (κ1) is 19.0. The fourth-order valence-corrected chi connectivity index (χ4v) is 3.32. The second-order valence-electron chi connectivity index (χ2n) is 5.82. The highest BCUT2D eigenvalue weighted by Gasteiger charge is 2.02.